The van der Waals surface area contributed by atoms with E-state index in [0.717, 1.165) is 34.0 Å². The van der Waals surface area contributed by atoms with E-state index in [4.69, 9.17) is 14.2 Å². The van der Waals surface area contributed by atoms with Crippen LogP contribution in [-0.4, -0.2) is 72.5 Å². The third-order valence-electron chi connectivity index (χ3n) is 6.99. The van der Waals surface area contributed by atoms with Gasteiger partial charge in [0.2, 0.25) is 0 Å². The van der Waals surface area contributed by atoms with Gasteiger partial charge in [-0.3, -0.25) is 4.90 Å². The Morgan fingerprint density at radius 3 is 2.35 bits per heavy atom. The Hall–Kier alpha value is -3.10. The number of likely N-dealkylation sites (tertiary alicyclic amines) is 1. The van der Waals surface area contributed by atoms with Gasteiger partial charge in [-0.05, 0) is 40.4 Å². The molecule has 8 heteroatoms. The lowest BCUT2D eigenvalue weighted by molar-refractivity contribution is -0.145. The first kappa shape index (κ1) is 28.5. The summed E-state index contributed by atoms with van der Waals surface area (Å²) in [7, 11) is 5.59. The van der Waals surface area contributed by atoms with E-state index in [9.17, 15) is 9.59 Å². The molecule has 1 aliphatic rings. The summed E-state index contributed by atoms with van der Waals surface area (Å²) < 4.78 is 16.6. The van der Waals surface area contributed by atoms with Crippen LogP contribution in [0.3, 0.4) is 0 Å². The fourth-order valence-electron chi connectivity index (χ4n) is 4.63. The minimum absolute atomic E-state index is 0.198. The highest BCUT2D eigenvalue weighted by molar-refractivity contribution is 6.76. The molecular weight excluding hydrogens is 484 g/mol. The Bertz CT molecular complexity index is 1130. The third-order valence-corrected chi connectivity index (χ3v) is 8.70. The van der Waals surface area contributed by atoms with Crippen LogP contribution in [0.1, 0.15) is 17.5 Å². The molecule has 1 amide bonds. The second-order valence-electron chi connectivity index (χ2n) is 10.9. The van der Waals surface area contributed by atoms with Crippen LogP contribution in [0.25, 0.3) is 17.2 Å². The van der Waals surface area contributed by atoms with Gasteiger partial charge in [0.1, 0.15) is 11.6 Å². The molecule has 0 aromatic heterocycles. The zero-order valence-electron chi connectivity index (χ0n) is 23.2. The van der Waals surface area contributed by atoms with Crippen LogP contribution >= 0.6 is 0 Å². The normalized spacial score (nSPS) is 19.4. The molecule has 0 saturated carbocycles. The van der Waals surface area contributed by atoms with Gasteiger partial charge in [0, 0.05) is 41.4 Å². The summed E-state index contributed by atoms with van der Waals surface area (Å²) in [6, 6.07) is 14.4. The standard InChI is InChI=1S/C29H40N2O5Si/c1-9-21-18-24(30(2)3)14-15-25(21)22-10-12-23(13-11-22)29(35-5)19-26(27(32)34-4)31(20-29)28(33)36-16-17-37(6,7)8/h9-15,18,26H,1,16-17,19-20H2,2-8H3. The first-order valence-electron chi connectivity index (χ1n) is 12.6. The quantitative estimate of drug-likeness (QED) is 0.313. The van der Waals surface area contributed by atoms with Gasteiger partial charge in [-0.25, -0.2) is 9.59 Å². The molecule has 0 spiro atoms. The molecule has 1 heterocycles. The number of amides is 1. The average Bonchev–Trinajstić information content (AvgIpc) is 3.28. The highest BCUT2D eigenvalue weighted by atomic mass is 28.3. The van der Waals surface area contributed by atoms with Crippen molar-refractivity contribution in [1.29, 1.82) is 0 Å². The second kappa shape index (κ2) is 11.5. The topological polar surface area (TPSA) is 68.3 Å². The van der Waals surface area contributed by atoms with E-state index in [1.165, 1.54) is 12.0 Å². The number of carbonyl (C=O) groups is 2. The van der Waals surface area contributed by atoms with Crippen LogP contribution < -0.4 is 4.90 Å². The van der Waals surface area contributed by atoms with Crippen molar-refractivity contribution in [2.45, 2.75) is 43.7 Å². The van der Waals surface area contributed by atoms with E-state index >= 15 is 0 Å². The van der Waals surface area contributed by atoms with Gasteiger partial charge in [-0.2, -0.15) is 0 Å². The second-order valence-corrected chi connectivity index (χ2v) is 16.6. The van der Waals surface area contributed by atoms with Gasteiger partial charge >= 0.3 is 12.1 Å². The Kier molecular flexibility index (Phi) is 8.86. The van der Waals surface area contributed by atoms with E-state index in [1.807, 2.05) is 44.4 Å². The summed E-state index contributed by atoms with van der Waals surface area (Å²) in [5.74, 6) is -0.478. The zero-order chi connectivity index (χ0) is 27.4. The fraction of sp³-hybridized carbons (Fsp3) is 0.448. The van der Waals surface area contributed by atoms with Crippen molar-refractivity contribution in [3.05, 3.63) is 60.2 Å². The van der Waals surface area contributed by atoms with Crippen LogP contribution in [-0.2, 0) is 24.6 Å². The maximum Gasteiger partial charge on any atom is 0.410 e. The minimum Gasteiger partial charge on any atom is -0.467 e. The van der Waals surface area contributed by atoms with Crippen LogP contribution in [0.5, 0.6) is 0 Å². The number of anilines is 1. The molecule has 0 aliphatic carbocycles. The monoisotopic (exact) mass is 524 g/mol. The Balaban J connectivity index is 1.88. The number of methoxy groups -OCH3 is 2. The minimum atomic E-state index is -1.37. The predicted molar refractivity (Wildman–Crippen MR) is 152 cm³/mol. The van der Waals surface area contributed by atoms with E-state index in [-0.39, 0.29) is 13.0 Å². The van der Waals surface area contributed by atoms with Gasteiger partial charge in [-0.15, -0.1) is 0 Å². The molecule has 37 heavy (non-hydrogen) atoms. The highest BCUT2D eigenvalue weighted by Gasteiger charge is 2.51. The summed E-state index contributed by atoms with van der Waals surface area (Å²) in [5, 5.41) is 0. The lowest BCUT2D eigenvalue weighted by Crippen LogP contribution is -2.42. The molecule has 1 saturated heterocycles. The van der Waals surface area contributed by atoms with E-state index in [0.29, 0.717) is 6.61 Å². The number of esters is 1. The summed E-state index contributed by atoms with van der Waals surface area (Å²) in [6.07, 6.45) is 1.63. The molecule has 2 aromatic carbocycles. The summed E-state index contributed by atoms with van der Waals surface area (Å²) in [5.41, 5.74) is 4.29. The lowest BCUT2D eigenvalue weighted by Gasteiger charge is -2.28. The summed E-state index contributed by atoms with van der Waals surface area (Å²) in [6.45, 7) is 11.2. The van der Waals surface area contributed by atoms with Crippen LogP contribution in [0.2, 0.25) is 25.7 Å². The molecule has 3 rings (SSSR count). The smallest absolute Gasteiger partial charge is 0.410 e. The van der Waals surface area contributed by atoms with Crippen molar-refractivity contribution < 1.29 is 23.8 Å². The number of rotatable bonds is 9. The number of nitrogens with zero attached hydrogens (tertiary/aromatic N) is 2. The van der Waals surface area contributed by atoms with Crippen molar-refractivity contribution in [2.75, 3.05) is 46.4 Å². The SMILES string of the molecule is C=Cc1cc(N(C)C)ccc1-c1ccc(C2(OC)CC(C(=O)OC)N(C(=O)OCC[Si](C)(C)C)C2)cc1. The number of benzene rings is 2. The van der Waals surface area contributed by atoms with Gasteiger partial charge in [0.05, 0.1) is 20.3 Å². The number of hydrogen-bond donors (Lipinski definition) is 0. The predicted octanol–water partition coefficient (Wildman–Crippen LogP) is 5.63. The van der Waals surface area contributed by atoms with Crippen molar-refractivity contribution in [3.8, 4) is 11.1 Å². The van der Waals surface area contributed by atoms with E-state index in [2.05, 4.69) is 49.3 Å². The van der Waals surface area contributed by atoms with Crippen LogP contribution in [0, 0.1) is 0 Å². The molecule has 0 bridgehead atoms. The maximum atomic E-state index is 13.0. The number of carbonyl (C=O) groups excluding carboxylic acids is 2. The van der Waals surface area contributed by atoms with Crippen molar-refractivity contribution in [3.63, 3.8) is 0 Å². The molecule has 200 valence electrons. The molecule has 2 unspecified atom stereocenters. The van der Waals surface area contributed by atoms with Gasteiger partial charge in [0.25, 0.3) is 0 Å². The average molecular weight is 525 g/mol. The molecule has 1 fully saturated rings. The number of ether oxygens (including phenoxy) is 3. The molecule has 2 atom stereocenters. The lowest BCUT2D eigenvalue weighted by atomic mass is 9.89. The molecule has 0 N–H and O–H groups in total. The van der Waals surface area contributed by atoms with E-state index in [1.54, 1.807) is 7.11 Å². The molecule has 1 aliphatic heterocycles. The molecule has 0 radical (unpaired) electrons. The highest BCUT2D eigenvalue weighted by Crippen LogP contribution is 2.40. The Morgan fingerprint density at radius 1 is 1.14 bits per heavy atom. The van der Waals surface area contributed by atoms with Gasteiger partial charge in [0.15, 0.2) is 0 Å². The number of hydrogen-bond acceptors (Lipinski definition) is 6. The van der Waals surface area contributed by atoms with Gasteiger partial charge in [-0.1, -0.05) is 62.6 Å². The summed E-state index contributed by atoms with van der Waals surface area (Å²) in [4.78, 5) is 29.2. The molecule has 7 nitrogen and oxygen atoms in total. The van der Waals surface area contributed by atoms with Crippen LogP contribution in [0.15, 0.2) is 49.0 Å². The third kappa shape index (κ3) is 6.43. The van der Waals surface area contributed by atoms with Crippen LogP contribution in [0.4, 0.5) is 10.5 Å². The van der Waals surface area contributed by atoms with Crippen molar-refractivity contribution >= 4 is 31.9 Å². The van der Waals surface area contributed by atoms with Crippen molar-refractivity contribution in [2.24, 2.45) is 0 Å². The Labute approximate surface area is 222 Å². The first-order chi connectivity index (χ1) is 17.4. The molecule has 2 aromatic rings. The molecular formula is C29H40N2O5Si. The maximum absolute atomic E-state index is 13.0. The Morgan fingerprint density at radius 2 is 1.81 bits per heavy atom. The van der Waals surface area contributed by atoms with Gasteiger partial charge < -0.3 is 19.1 Å². The summed E-state index contributed by atoms with van der Waals surface area (Å²) >= 11 is 0. The first-order valence-corrected chi connectivity index (χ1v) is 16.3. The zero-order valence-corrected chi connectivity index (χ0v) is 24.2. The van der Waals surface area contributed by atoms with Crippen molar-refractivity contribution in [1.82, 2.24) is 4.90 Å². The fourth-order valence-corrected chi connectivity index (χ4v) is 5.34. The largest absolute Gasteiger partial charge is 0.467 e. The van der Waals surface area contributed by atoms with E-state index < -0.39 is 31.8 Å².